The van der Waals surface area contributed by atoms with Gasteiger partial charge in [0.15, 0.2) is 5.96 Å². The summed E-state index contributed by atoms with van der Waals surface area (Å²) in [6.45, 7) is 9.49. The molecule has 0 radical (unpaired) electrons. The van der Waals surface area contributed by atoms with Crippen LogP contribution < -0.4 is 15.4 Å². The molecule has 0 amide bonds. The van der Waals surface area contributed by atoms with E-state index in [1.54, 1.807) is 7.05 Å². The zero-order valence-corrected chi connectivity index (χ0v) is 15.4. The Bertz CT molecular complexity index is 537. The Morgan fingerprint density at radius 3 is 2.88 bits per heavy atom. The first-order chi connectivity index (χ1) is 11.6. The highest BCUT2D eigenvalue weighted by molar-refractivity contribution is 5.79. The van der Waals surface area contributed by atoms with E-state index in [0.717, 1.165) is 43.3 Å². The molecule has 0 aliphatic carbocycles. The minimum Gasteiger partial charge on any atom is -0.491 e. The van der Waals surface area contributed by atoms with Crippen LogP contribution in [0.3, 0.4) is 0 Å². The van der Waals surface area contributed by atoms with Crippen LogP contribution in [0.25, 0.3) is 0 Å². The smallest absolute Gasteiger partial charge is 0.191 e. The van der Waals surface area contributed by atoms with Gasteiger partial charge < -0.3 is 20.1 Å². The number of hydrogen-bond donors (Lipinski definition) is 2. The Hall–Kier alpha value is -1.75. The van der Waals surface area contributed by atoms with Gasteiger partial charge in [-0.15, -0.1) is 0 Å². The molecule has 1 aromatic carbocycles. The van der Waals surface area contributed by atoms with E-state index < -0.39 is 0 Å². The van der Waals surface area contributed by atoms with Crippen molar-refractivity contribution in [2.45, 2.75) is 46.3 Å². The summed E-state index contributed by atoms with van der Waals surface area (Å²) in [4.78, 5) is 4.26. The summed E-state index contributed by atoms with van der Waals surface area (Å²) in [5.41, 5.74) is 2.33. The van der Waals surface area contributed by atoms with Gasteiger partial charge >= 0.3 is 0 Å². The number of aryl methyl sites for hydroxylation is 1. The summed E-state index contributed by atoms with van der Waals surface area (Å²) in [7, 11) is 1.79. The average Bonchev–Trinajstić information content (AvgIpc) is 3.07. The number of guanidine groups is 1. The van der Waals surface area contributed by atoms with Crippen molar-refractivity contribution in [3.8, 4) is 5.75 Å². The maximum Gasteiger partial charge on any atom is 0.191 e. The van der Waals surface area contributed by atoms with E-state index in [1.807, 2.05) is 0 Å². The lowest BCUT2D eigenvalue weighted by atomic mass is 10.1. The first-order valence-corrected chi connectivity index (χ1v) is 8.87. The SMILES string of the molecule is CN=C(NCc1ccc(C)cc1OCC1CCCO1)NCC(C)C. The van der Waals surface area contributed by atoms with Gasteiger partial charge in [0.25, 0.3) is 0 Å². The van der Waals surface area contributed by atoms with Crippen LogP contribution in [0.5, 0.6) is 5.75 Å². The molecule has 1 aromatic rings. The molecule has 0 bridgehead atoms. The molecule has 1 atom stereocenters. The lowest BCUT2D eigenvalue weighted by Crippen LogP contribution is -2.38. The van der Waals surface area contributed by atoms with Gasteiger partial charge in [-0.1, -0.05) is 26.0 Å². The molecule has 24 heavy (non-hydrogen) atoms. The summed E-state index contributed by atoms with van der Waals surface area (Å²) < 4.78 is 11.7. The predicted molar refractivity (Wildman–Crippen MR) is 98.7 cm³/mol. The van der Waals surface area contributed by atoms with E-state index in [2.05, 4.69) is 54.6 Å². The van der Waals surface area contributed by atoms with Crippen LogP contribution in [0, 0.1) is 12.8 Å². The fourth-order valence-corrected chi connectivity index (χ4v) is 2.60. The number of ether oxygens (including phenoxy) is 2. The highest BCUT2D eigenvalue weighted by atomic mass is 16.5. The van der Waals surface area contributed by atoms with Gasteiger partial charge in [-0.25, -0.2) is 0 Å². The largest absolute Gasteiger partial charge is 0.491 e. The van der Waals surface area contributed by atoms with Crippen LogP contribution in [0.2, 0.25) is 0 Å². The second-order valence-corrected chi connectivity index (χ2v) is 6.76. The Labute approximate surface area is 145 Å². The van der Waals surface area contributed by atoms with Crippen molar-refractivity contribution >= 4 is 5.96 Å². The Morgan fingerprint density at radius 2 is 2.21 bits per heavy atom. The van der Waals surface area contributed by atoms with E-state index in [1.165, 1.54) is 5.56 Å². The highest BCUT2D eigenvalue weighted by Gasteiger charge is 2.17. The van der Waals surface area contributed by atoms with Gasteiger partial charge in [-0.05, 0) is 37.3 Å². The van der Waals surface area contributed by atoms with Gasteiger partial charge in [0.1, 0.15) is 12.4 Å². The molecule has 0 aromatic heterocycles. The zero-order valence-electron chi connectivity index (χ0n) is 15.4. The number of aliphatic imine (C=N–C) groups is 1. The van der Waals surface area contributed by atoms with Crippen molar-refractivity contribution in [2.75, 3.05) is 26.8 Å². The topological polar surface area (TPSA) is 54.9 Å². The molecule has 0 saturated carbocycles. The maximum absolute atomic E-state index is 6.04. The van der Waals surface area contributed by atoms with Crippen molar-refractivity contribution in [1.82, 2.24) is 10.6 Å². The standard InChI is InChI=1S/C19H31N3O2/c1-14(2)11-21-19(20-4)22-12-16-8-7-15(3)10-18(16)24-13-17-6-5-9-23-17/h7-8,10,14,17H,5-6,9,11-13H2,1-4H3,(H2,20,21,22). The van der Waals surface area contributed by atoms with Gasteiger partial charge in [0.2, 0.25) is 0 Å². The fraction of sp³-hybridized carbons (Fsp3) is 0.632. The van der Waals surface area contributed by atoms with Crippen molar-refractivity contribution < 1.29 is 9.47 Å². The van der Waals surface area contributed by atoms with Gasteiger partial charge in [-0.3, -0.25) is 4.99 Å². The number of hydrogen-bond acceptors (Lipinski definition) is 3. The third-order valence-electron chi connectivity index (χ3n) is 4.02. The third kappa shape index (κ3) is 6.04. The molecule has 134 valence electrons. The molecule has 1 fully saturated rings. The van der Waals surface area contributed by atoms with Crippen molar-refractivity contribution in [3.63, 3.8) is 0 Å². The molecule has 5 heteroatoms. The van der Waals surface area contributed by atoms with E-state index in [-0.39, 0.29) is 6.10 Å². The minimum absolute atomic E-state index is 0.229. The molecule has 1 aliphatic heterocycles. The molecule has 2 rings (SSSR count). The van der Waals surface area contributed by atoms with Crippen molar-refractivity contribution in [1.29, 1.82) is 0 Å². The minimum atomic E-state index is 0.229. The normalized spacial score (nSPS) is 18.0. The summed E-state index contributed by atoms with van der Waals surface area (Å²) in [6, 6.07) is 6.32. The Balaban J connectivity index is 1.93. The van der Waals surface area contributed by atoms with Crippen LogP contribution in [0.4, 0.5) is 0 Å². The van der Waals surface area contributed by atoms with E-state index >= 15 is 0 Å². The van der Waals surface area contributed by atoms with Crippen LogP contribution in [-0.2, 0) is 11.3 Å². The molecule has 5 nitrogen and oxygen atoms in total. The molecular weight excluding hydrogens is 302 g/mol. The molecule has 1 heterocycles. The van der Waals surface area contributed by atoms with Gasteiger partial charge in [0.05, 0.1) is 6.10 Å². The molecule has 1 unspecified atom stereocenters. The van der Waals surface area contributed by atoms with Crippen molar-refractivity contribution in [2.24, 2.45) is 10.9 Å². The average molecular weight is 333 g/mol. The van der Waals surface area contributed by atoms with E-state index in [0.29, 0.717) is 19.1 Å². The summed E-state index contributed by atoms with van der Waals surface area (Å²) >= 11 is 0. The number of nitrogens with zero attached hydrogens (tertiary/aromatic N) is 1. The second-order valence-electron chi connectivity index (χ2n) is 6.76. The predicted octanol–water partition coefficient (Wildman–Crippen LogP) is 2.87. The monoisotopic (exact) mass is 333 g/mol. The van der Waals surface area contributed by atoms with E-state index in [4.69, 9.17) is 9.47 Å². The summed E-state index contributed by atoms with van der Waals surface area (Å²) in [5.74, 6) is 2.32. The second kappa shape index (κ2) is 9.52. The number of benzene rings is 1. The molecule has 1 aliphatic rings. The fourth-order valence-electron chi connectivity index (χ4n) is 2.60. The van der Waals surface area contributed by atoms with Crippen LogP contribution in [0.15, 0.2) is 23.2 Å². The quantitative estimate of drug-likeness (QED) is 0.595. The maximum atomic E-state index is 6.04. The third-order valence-corrected chi connectivity index (χ3v) is 4.02. The lowest BCUT2D eigenvalue weighted by Gasteiger charge is -2.17. The van der Waals surface area contributed by atoms with Crippen molar-refractivity contribution in [3.05, 3.63) is 29.3 Å². The number of rotatable bonds is 7. The molecule has 0 spiro atoms. The van der Waals surface area contributed by atoms with Gasteiger partial charge in [-0.2, -0.15) is 0 Å². The molecule has 1 saturated heterocycles. The number of nitrogens with one attached hydrogen (secondary N) is 2. The zero-order chi connectivity index (χ0) is 17.4. The first kappa shape index (κ1) is 18.6. The van der Waals surface area contributed by atoms with E-state index in [9.17, 15) is 0 Å². The van der Waals surface area contributed by atoms with Gasteiger partial charge in [0, 0.05) is 32.3 Å². The Morgan fingerprint density at radius 1 is 1.38 bits per heavy atom. The van der Waals surface area contributed by atoms with Crippen LogP contribution >= 0.6 is 0 Å². The first-order valence-electron chi connectivity index (χ1n) is 8.87. The molecule has 2 N–H and O–H groups in total. The summed E-state index contributed by atoms with van der Waals surface area (Å²) in [6.07, 6.45) is 2.45. The van der Waals surface area contributed by atoms with Crippen LogP contribution in [-0.4, -0.2) is 38.9 Å². The lowest BCUT2D eigenvalue weighted by molar-refractivity contribution is 0.0676. The highest BCUT2D eigenvalue weighted by Crippen LogP contribution is 2.22. The molecular formula is C19H31N3O2. The summed E-state index contributed by atoms with van der Waals surface area (Å²) in [5, 5.41) is 6.68. The Kier molecular flexibility index (Phi) is 7.37. The van der Waals surface area contributed by atoms with Crippen LogP contribution in [0.1, 0.15) is 37.8 Å².